The zero-order valence-electron chi connectivity index (χ0n) is 11.5. The number of anilines is 1. The first-order valence-corrected chi connectivity index (χ1v) is 6.76. The van der Waals surface area contributed by atoms with Crippen molar-refractivity contribution in [2.24, 2.45) is 5.73 Å². The van der Waals surface area contributed by atoms with Crippen LogP contribution in [0, 0.1) is 0 Å². The molecule has 3 N–H and O–H groups in total. The Morgan fingerprint density at radius 2 is 1.76 bits per heavy atom. The van der Waals surface area contributed by atoms with Crippen molar-refractivity contribution in [2.75, 3.05) is 18.5 Å². The Morgan fingerprint density at radius 1 is 1.05 bits per heavy atom. The lowest BCUT2D eigenvalue weighted by atomic mass is 10.1. The van der Waals surface area contributed by atoms with Gasteiger partial charge in [-0.1, -0.05) is 12.1 Å². The number of nitrogens with two attached hydrogens (primary N) is 1. The summed E-state index contributed by atoms with van der Waals surface area (Å²) >= 11 is 0. The smallest absolute Gasteiger partial charge is 0.255 e. The molecule has 0 saturated heterocycles. The highest BCUT2D eigenvalue weighted by Gasteiger charge is 2.13. The molecule has 0 aromatic heterocycles. The van der Waals surface area contributed by atoms with Crippen molar-refractivity contribution in [3.05, 3.63) is 53.6 Å². The van der Waals surface area contributed by atoms with Gasteiger partial charge in [-0.15, -0.1) is 0 Å². The predicted octanol–water partition coefficient (Wildman–Crippen LogP) is 2.17. The molecule has 0 bridgehead atoms. The monoisotopic (exact) mass is 284 g/mol. The fourth-order valence-electron chi connectivity index (χ4n) is 2.12. The fourth-order valence-corrected chi connectivity index (χ4v) is 2.12. The summed E-state index contributed by atoms with van der Waals surface area (Å²) in [6.45, 7) is 1.53. The molecule has 0 aliphatic carbocycles. The second-order valence-corrected chi connectivity index (χ2v) is 4.71. The van der Waals surface area contributed by atoms with Crippen LogP contribution in [-0.2, 0) is 6.54 Å². The van der Waals surface area contributed by atoms with Gasteiger partial charge in [0.25, 0.3) is 5.91 Å². The molecule has 0 unspecified atom stereocenters. The van der Waals surface area contributed by atoms with Gasteiger partial charge < -0.3 is 20.5 Å². The Kier molecular flexibility index (Phi) is 3.75. The van der Waals surface area contributed by atoms with Gasteiger partial charge in [-0.05, 0) is 29.8 Å². The lowest BCUT2D eigenvalue weighted by Crippen LogP contribution is -2.16. The van der Waals surface area contributed by atoms with Gasteiger partial charge in [0.05, 0.1) is 0 Å². The van der Waals surface area contributed by atoms with Crippen molar-refractivity contribution >= 4 is 11.6 Å². The minimum Gasteiger partial charge on any atom is -0.486 e. The molecule has 0 radical (unpaired) electrons. The molecule has 1 aliphatic rings. The van der Waals surface area contributed by atoms with Crippen molar-refractivity contribution in [1.29, 1.82) is 0 Å². The maximum absolute atomic E-state index is 12.2. The first-order valence-electron chi connectivity index (χ1n) is 6.76. The summed E-state index contributed by atoms with van der Waals surface area (Å²) in [5, 5.41) is 2.84. The van der Waals surface area contributed by atoms with E-state index in [2.05, 4.69) is 5.32 Å². The number of benzene rings is 2. The van der Waals surface area contributed by atoms with Crippen molar-refractivity contribution in [1.82, 2.24) is 0 Å². The standard InChI is InChI=1S/C16H16N2O3/c17-10-11-1-3-12(4-2-11)16(19)18-13-5-6-14-15(9-13)21-8-7-20-14/h1-6,9H,7-8,10,17H2,(H,18,19). The quantitative estimate of drug-likeness (QED) is 0.906. The molecule has 0 fully saturated rings. The van der Waals surface area contributed by atoms with E-state index in [-0.39, 0.29) is 5.91 Å². The van der Waals surface area contributed by atoms with E-state index >= 15 is 0 Å². The third-order valence-electron chi connectivity index (χ3n) is 3.25. The Morgan fingerprint density at radius 3 is 2.48 bits per heavy atom. The third-order valence-corrected chi connectivity index (χ3v) is 3.25. The molecule has 1 amide bonds. The normalized spacial score (nSPS) is 12.8. The van der Waals surface area contributed by atoms with Crippen molar-refractivity contribution in [2.45, 2.75) is 6.54 Å². The minimum atomic E-state index is -0.171. The number of fused-ring (bicyclic) bond motifs is 1. The van der Waals surface area contributed by atoms with Crippen molar-refractivity contribution in [3.63, 3.8) is 0 Å². The van der Waals surface area contributed by atoms with Crippen molar-refractivity contribution in [3.8, 4) is 11.5 Å². The Balaban J connectivity index is 1.74. The van der Waals surface area contributed by atoms with Crippen LogP contribution in [0.15, 0.2) is 42.5 Å². The number of ether oxygens (including phenoxy) is 2. The molecule has 2 aromatic carbocycles. The van der Waals surface area contributed by atoms with Gasteiger partial charge >= 0.3 is 0 Å². The first kappa shape index (κ1) is 13.5. The van der Waals surface area contributed by atoms with E-state index in [1.807, 2.05) is 12.1 Å². The first-order chi connectivity index (χ1) is 10.3. The zero-order valence-corrected chi connectivity index (χ0v) is 11.5. The van der Waals surface area contributed by atoms with E-state index in [0.29, 0.717) is 42.5 Å². The fraction of sp³-hybridized carbons (Fsp3) is 0.188. The van der Waals surface area contributed by atoms with Gasteiger partial charge in [0, 0.05) is 23.9 Å². The van der Waals surface area contributed by atoms with E-state index in [0.717, 1.165) is 5.56 Å². The van der Waals surface area contributed by atoms with Crippen LogP contribution in [0.5, 0.6) is 11.5 Å². The molecule has 1 heterocycles. The molecule has 21 heavy (non-hydrogen) atoms. The highest BCUT2D eigenvalue weighted by molar-refractivity contribution is 6.04. The molecule has 0 saturated carbocycles. The largest absolute Gasteiger partial charge is 0.486 e. The van der Waals surface area contributed by atoms with Crippen molar-refractivity contribution < 1.29 is 14.3 Å². The average Bonchev–Trinajstić information content (AvgIpc) is 2.55. The SMILES string of the molecule is NCc1ccc(C(=O)Nc2ccc3c(c2)OCCO3)cc1. The number of carbonyl (C=O) groups is 1. The number of nitrogens with one attached hydrogen (secondary N) is 1. The average molecular weight is 284 g/mol. The van der Waals surface area contributed by atoms with Crippen LogP contribution < -0.4 is 20.5 Å². The number of rotatable bonds is 3. The van der Waals surface area contributed by atoms with Gasteiger partial charge in [-0.25, -0.2) is 0 Å². The van der Waals surface area contributed by atoms with E-state index in [1.54, 1.807) is 30.3 Å². The van der Waals surface area contributed by atoms with Gasteiger partial charge in [-0.3, -0.25) is 4.79 Å². The maximum Gasteiger partial charge on any atom is 0.255 e. The zero-order chi connectivity index (χ0) is 14.7. The maximum atomic E-state index is 12.2. The van der Waals surface area contributed by atoms with Crippen LogP contribution in [0.1, 0.15) is 15.9 Å². The summed E-state index contributed by atoms with van der Waals surface area (Å²) in [6, 6.07) is 12.6. The van der Waals surface area contributed by atoms with Gasteiger partial charge in [0.15, 0.2) is 11.5 Å². The molecule has 0 spiro atoms. The number of hydrogen-bond acceptors (Lipinski definition) is 4. The lowest BCUT2D eigenvalue weighted by molar-refractivity contribution is 0.102. The summed E-state index contributed by atoms with van der Waals surface area (Å²) < 4.78 is 10.9. The van der Waals surface area contributed by atoms with E-state index < -0.39 is 0 Å². The second kappa shape index (κ2) is 5.85. The van der Waals surface area contributed by atoms with Crippen LogP contribution >= 0.6 is 0 Å². The van der Waals surface area contributed by atoms with E-state index in [9.17, 15) is 4.79 Å². The third kappa shape index (κ3) is 2.98. The molecule has 1 aliphatic heterocycles. The highest BCUT2D eigenvalue weighted by atomic mass is 16.6. The molecule has 3 rings (SSSR count). The Labute approximate surface area is 122 Å². The van der Waals surface area contributed by atoms with E-state index in [1.165, 1.54) is 0 Å². The molecule has 5 heteroatoms. The summed E-state index contributed by atoms with van der Waals surface area (Å²) in [6.07, 6.45) is 0. The topological polar surface area (TPSA) is 73.6 Å². The van der Waals surface area contributed by atoms with Crippen LogP contribution in [0.25, 0.3) is 0 Å². The Bertz CT molecular complexity index is 653. The minimum absolute atomic E-state index is 0.171. The molecule has 108 valence electrons. The summed E-state index contributed by atoms with van der Waals surface area (Å²) in [4.78, 5) is 12.2. The number of hydrogen-bond donors (Lipinski definition) is 2. The van der Waals surface area contributed by atoms with Gasteiger partial charge in [0.2, 0.25) is 0 Å². The second-order valence-electron chi connectivity index (χ2n) is 4.71. The summed E-state index contributed by atoms with van der Waals surface area (Å²) in [7, 11) is 0. The van der Waals surface area contributed by atoms with Crippen LogP contribution in [0.2, 0.25) is 0 Å². The van der Waals surface area contributed by atoms with Gasteiger partial charge in [-0.2, -0.15) is 0 Å². The highest BCUT2D eigenvalue weighted by Crippen LogP contribution is 2.32. The molecule has 2 aromatic rings. The lowest BCUT2D eigenvalue weighted by Gasteiger charge is -2.19. The number of amides is 1. The van der Waals surface area contributed by atoms with Crippen LogP contribution in [0.3, 0.4) is 0 Å². The predicted molar refractivity (Wildman–Crippen MR) is 79.7 cm³/mol. The van der Waals surface area contributed by atoms with Crippen LogP contribution in [0.4, 0.5) is 5.69 Å². The summed E-state index contributed by atoms with van der Waals surface area (Å²) in [5.41, 5.74) is 7.79. The molecular weight excluding hydrogens is 268 g/mol. The Hall–Kier alpha value is -2.53. The molecule has 5 nitrogen and oxygen atoms in total. The molecular formula is C16H16N2O3. The van der Waals surface area contributed by atoms with E-state index in [4.69, 9.17) is 15.2 Å². The number of carbonyl (C=O) groups excluding carboxylic acids is 1. The summed E-state index contributed by atoms with van der Waals surface area (Å²) in [5.74, 6) is 1.18. The van der Waals surface area contributed by atoms with Crippen LogP contribution in [-0.4, -0.2) is 19.1 Å². The molecule has 0 atom stereocenters. The van der Waals surface area contributed by atoms with Gasteiger partial charge in [0.1, 0.15) is 13.2 Å².